The van der Waals surface area contributed by atoms with Gasteiger partial charge in [-0.05, 0) is 42.0 Å². The van der Waals surface area contributed by atoms with Crippen LogP contribution in [0.1, 0.15) is 10.6 Å². The van der Waals surface area contributed by atoms with Gasteiger partial charge in [-0.15, -0.1) is 11.3 Å². The number of nitrogens with zero attached hydrogens (tertiary/aromatic N) is 2. The fourth-order valence-electron chi connectivity index (χ4n) is 2.59. The van der Waals surface area contributed by atoms with Crippen molar-refractivity contribution in [2.75, 3.05) is 13.9 Å². The standard InChI is InChI=1S/C20H14N2O3S/c1-23-16-5-2-13(3-6-16)8-15(10-21)20-22-17(11-26-20)14-4-7-18-19(9-14)25-12-24-18/h2-9,11H,12H2,1H3/b15-8+. The van der Waals surface area contributed by atoms with Crippen molar-refractivity contribution in [3.05, 3.63) is 58.4 Å². The fraction of sp³-hybridized carbons (Fsp3) is 0.100. The number of rotatable bonds is 4. The summed E-state index contributed by atoms with van der Waals surface area (Å²) in [6.45, 7) is 0.240. The molecule has 2 aromatic carbocycles. The van der Waals surface area contributed by atoms with E-state index < -0.39 is 0 Å². The minimum atomic E-state index is 0.240. The number of nitriles is 1. The van der Waals surface area contributed by atoms with Crippen LogP contribution in [0.5, 0.6) is 17.2 Å². The molecule has 0 unspecified atom stereocenters. The molecule has 0 atom stereocenters. The second-order valence-corrected chi connectivity index (χ2v) is 6.41. The summed E-state index contributed by atoms with van der Waals surface area (Å²) < 4.78 is 15.9. The lowest BCUT2D eigenvalue weighted by atomic mass is 10.1. The van der Waals surface area contributed by atoms with E-state index in [1.807, 2.05) is 53.9 Å². The van der Waals surface area contributed by atoms with Gasteiger partial charge < -0.3 is 14.2 Å². The van der Waals surface area contributed by atoms with Crippen molar-refractivity contribution in [3.8, 4) is 34.6 Å². The molecular weight excluding hydrogens is 348 g/mol. The Kier molecular flexibility index (Phi) is 4.30. The van der Waals surface area contributed by atoms with Crippen LogP contribution in [-0.4, -0.2) is 18.9 Å². The molecule has 1 aromatic heterocycles. The summed E-state index contributed by atoms with van der Waals surface area (Å²) in [6.07, 6.45) is 1.82. The van der Waals surface area contributed by atoms with Gasteiger partial charge in [0.05, 0.1) is 18.4 Å². The van der Waals surface area contributed by atoms with Gasteiger partial charge in [0, 0.05) is 10.9 Å². The van der Waals surface area contributed by atoms with E-state index in [0.717, 1.165) is 28.3 Å². The molecule has 128 valence electrons. The lowest BCUT2D eigenvalue weighted by Crippen LogP contribution is -1.92. The van der Waals surface area contributed by atoms with Gasteiger partial charge in [-0.3, -0.25) is 0 Å². The minimum absolute atomic E-state index is 0.240. The number of hydrogen-bond donors (Lipinski definition) is 0. The molecule has 0 saturated carbocycles. The molecule has 1 aliphatic heterocycles. The molecule has 0 N–H and O–H groups in total. The summed E-state index contributed by atoms with van der Waals surface area (Å²) in [5.41, 5.74) is 3.17. The molecule has 5 nitrogen and oxygen atoms in total. The Balaban J connectivity index is 1.63. The molecule has 3 aromatic rings. The van der Waals surface area contributed by atoms with Crippen LogP contribution in [0.15, 0.2) is 47.8 Å². The van der Waals surface area contributed by atoms with Crippen LogP contribution in [0.3, 0.4) is 0 Å². The molecule has 0 saturated heterocycles. The maximum Gasteiger partial charge on any atom is 0.231 e. The monoisotopic (exact) mass is 362 g/mol. The highest BCUT2D eigenvalue weighted by atomic mass is 32.1. The summed E-state index contributed by atoms with van der Waals surface area (Å²) in [5, 5.41) is 12.1. The summed E-state index contributed by atoms with van der Waals surface area (Å²) in [4.78, 5) is 4.61. The van der Waals surface area contributed by atoms with Crippen molar-refractivity contribution >= 4 is 23.0 Å². The Morgan fingerprint density at radius 3 is 2.77 bits per heavy atom. The number of aromatic nitrogens is 1. The molecule has 0 bridgehead atoms. The van der Waals surface area contributed by atoms with E-state index >= 15 is 0 Å². The van der Waals surface area contributed by atoms with Gasteiger partial charge in [-0.25, -0.2) is 4.98 Å². The fourth-order valence-corrected chi connectivity index (χ4v) is 3.39. The molecule has 0 radical (unpaired) electrons. The predicted molar refractivity (Wildman–Crippen MR) is 100 cm³/mol. The number of ether oxygens (including phenoxy) is 3. The van der Waals surface area contributed by atoms with Gasteiger partial charge in [0.1, 0.15) is 16.8 Å². The van der Waals surface area contributed by atoms with E-state index in [0.29, 0.717) is 16.3 Å². The van der Waals surface area contributed by atoms with Crippen molar-refractivity contribution in [1.82, 2.24) is 4.98 Å². The van der Waals surface area contributed by atoms with Crippen LogP contribution in [0.2, 0.25) is 0 Å². The zero-order valence-corrected chi connectivity index (χ0v) is 14.7. The average molecular weight is 362 g/mol. The summed E-state index contributed by atoms with van der Waals surface area (Å²) in [6, 6.07) is 15.5. The first-order valence-electron chi connectivity index (χ1n) is 7.88. The van der Waals surface area contributed by atoms with Gasteiger partial charge in [0.2, 0.25) is 6.79 Å². The van der Waals surface area contributed by atoms with Gasteiger partial charge in [-0.2, -0.15) is 5.26 Å². The van der Waals surface area contributed by atoms with Crippen molar-refractivity contribution in [2.45, 2.75) is 0 Å². The third kappa shape index (κ3) is 3.13. The molecule has 26 heavy (non-hydrogen) atoms. The number of fused-ring (bicyclic) bond motifs is 1. The van der Waals surface area contributed by atoms with E-state index in [2.05, 4.69) is 11.1 Å². The second-order valence-electron chi connectivity index (χ2n) is 5.55. The van der Waals surface area contributed by atoms with Crippen LogP contribution >= 0.6 is 11.3 Å². The van der Waals surface area contributed by atoms with Crippen LogP contribution in [-0.2, 0) is 0 Å². The molecule has 0 aliphatic carbocycles. The summed E-state index contributed by atoms with van der Waals surface area (Å²) in [7, 11) is 1.62. The Labute approximate surface area is 154 Å². The van der Waals surface area contributed by atoms with Gasteiger partial charge in [0.25, 0.3) is 0 Å². The van der Waals surface area contributed by atoms with E-state index in [4.69, 9.17) is 14.2 Å². The maximum absolute atomic E-state index is 9.54. The lowest BCUT2D eigenvalue weighted by Gasteiger charge is -2.00. The molecular formula is C20H14N2O3S. The highest BCUT2D eigenvalue weighted by molar-refractivity contribution is 7.11. The molecule has 0 fully saturated rings. The third-order valence-corrected chi connectivity index (χ3v) is 4.83. The third-order valence-electron chi connectivity index (χ3n) is 3.95. The zero-order chi connectivity index (χ0) is 17.9. The highest BCUT2D eigenvalue weighted by Crippen LogP contribution is 2.36. The van der Waals surface area contributed by atoms with Crippen molar-refractivity contribution < 1.29 is 14.2 Å². The van der Waals surface area contributed by atoms with Crippen molar-refractivity contribution in [1.29, 1.82) is 5.26 Å². The minimum Gasteiger partial charge on any atom is -0.497 e. The maximum atomic E-state index is 9.54. The highest BCUT2D eigenvalue weighted by Gasteiger charge is 2.16. The molecule has 1 aliphatic rings. The van der Waals surface area contributed by atoms with Crippen LogP contribution in [0, 0.1) is 11.3 Å². The molecule has 6 heteroatoms. The van der Waals surface area contributed by atoms with E-state index in [1.165, 1.54) is 11.3 Å². The Hall–Kier alpha value is -3.30. The van der Waals surface area contributed by atoms with Crippen LogP contribution in [0.4, 0.5) is 0 Å². The Bertz CT molecular complexity index is 1020. The van der Waals surface area contributed by atoms with Gasteiger partial charge in [-0.1, -0.05) is 12.1 Å². The smallest absolute Gasteiger partial charge is 0.231 e. The van der Waals surface area contributed by atoms with Crippen molar-refractivity contribution in [3.63, 3.8) is 0 Å². The zero-order valence-electron chi connectivity index (χ0n) is 13.9. The van der Waals surface area contributed by atoms with Crippen LogP contribution in [0.25, 0.3) is 22.9 Å². The first-order valence-corrected chi connectivity index (χ1v) is 8.76. The Morgan fingerprint density at radius 1 is 1.19 bits per heavy atom. The predicted octanol–water partition coefficient (Wildman–Crippen LogP) is 4.61. The van der Waals surface area contributed by atoms with E-state index in [9.17, 15) is 5.26 Å². The summed E-state index contributed by atoms with van der Waals surface area (Å²) in [5.74, 6) is 2.23. The lowest BCUT2D eigenvalue weighted by molar-refractivity contribution is 0.174. The molecule has 2 heterocycles. The first-order chi connectivity index (χ1) is 12.8. The van der Waals surface area contributed by atoms with Gasteiger partial charge in [0.15, 0.2) is 11.5 Å². The number of methoxy groups -OCH3 is 1. The first kappa shape index (κ1) is 16.2. The molecule has 0 spiro atoms. The van der Waals surface area contributed by atoms with E-state index in [1.54, 1.807) is 7.11 Å². The molecule has 0 amide bonds. The largest absolute Gasteiger partial charge is 0.497 e. The second kappa shape index (κ2) is 6.90. The number of hydrogen-bond acceptors (Lipinski definition) is 6. The topological polar surface area (TPSA) is 64.4 Å². The van der Waals surface area contributed by atoms with E-state index in [-0.39, 0.29) is 6.79 Å². The number of thiazole rings is 1. The SMILES string of the molecule is COc1ccc(/C=C(\C#N)c2nc(-c3ccc4c(c3)OCO4)cs2)cc1. The number of benzene rings is 2. The Morgan fingerprint density at radius 2 is 2.00 bits per heavy atom. The van der Waals surface area contributed by atoms with Crippen molar-refractivity contribution in [2.24, 2.45) is 0 Å². The average Bonchev–Trinajstić information content (AvgIpc) is 3.35. The molecule has 4 rings (SSSR count). The normalized spacial score (nSPS) is 12.7. The number of allylic oxidation sites excluding steroid dienone is 1. The van der Waals surface area contributed by atoms with Gasteiger partial charge >= 0.3 is 0 Å². The quantitative estimate of drug-likeness (QED) is 0.634. The summed E-state index contributed by atoms with van der Waals surface area (Å²) >= 11 is 1.44. The van der Waals surface area contributed by atoms with Crippen LogP contribution < -0.4 is 14.2 Å².